The monoisotopic (exact) mass is 248 g/mol. The molecule has 12 heavy (non-hydrogen) atoms. The Labute approximate surface area is 82.3 Å². The van der Waals surface area contributed by atoms with Crippen LogP contribution in [0.1, 0.15) is 6.92 Å². The summed E-state index contributed by atoms with van der Waals surface area (Å²) in [6.45, 7) is 1.93. The van der Waals surface area contributed by atoms with Gasteiger partial charge in [-0.25, -0.2) is 4.29 Å². The van der Waals surface area contributed by atoms with Crippen LogP contribution in [0.5, 0.6) is 0 Å². The SMILES string of the molecule is CCO.FC(Cl)(Cl)C(F)(F)OCl. The Hall–Kier alpha value is 0.580. The molecule has 0 atom stereocenters. The van der Waals surface area contributed by atoms with E-state index >= 15 is 0 Å². The molecule has 0 aliphatic heterocycles. The second kappa shape index (κ2) is 6.10. The molecule has 0 unspecified atom stereocenters. The summed E-state index contributed by atoms with van der Waals surface area (Å²) in [7, 11) is 0. The lowest BCUT2D eigenvalue weighted by molar-refractivity contribution is -0.209. The van der Waals surface area contributed by atoms with Gasteiger partial charge in [0, 0.05) is 6.61 Å². The number of halogens is 6. The van der Waals surface area contributed by atoms with Crippen LogP contribution in [-0.4, -0.2) is 22.4 Å². The Balaban J connectivity index is 0. The molecule has 1 N–H and O–H groups in total. The van der Waals surface area contributed by atoms with Gasteiger partial charge in [0.25, 0.3) is 0 Å². The molecule has 0 radical (unpaired) electrons. The lowest BCUT2D eigenvalue weighted by Crippen LogP contribution is -2.34. The molecule has 2 nitrogen and oxygen atoms in total. The van der Waals surface area contributed by atoms with E-state index in [1.807, 2.05) is 0 Å². The van der Waals surface area contributed by atoms with Gasteiger partial charge in [-0.2, -0.15) is 13.2 Å². The van der Waals surface area contributed by atoms with Gasteiger partial charge in [-0.3, -0.25) is 0 Å². The molecule has 0 fully saturated rings. The van der Waals surface area contributed by atoms with E-state index in [-0.39, 0.29) is 6.61 Å². The van der Waals surface area contributed by atoms with Crippen molar-refractivity contribution in [1.29, 1.82) is 0 Å². The number of rotatable bonds is 2. The van der Waals surface area contributed by atoms with E-state index in [4.69, 9.17) is 5.11 Å². The fraction of sp³-hybridized carbons (Fsp3) is 1.00. The van der Waals surface area contributed by atoms with Gasteiger partial charge in [-0.1, -0.05) is 23.2 Å². The van der Waals surface area contributed by atoms with Crippen molar-refractivity contribution in [2.45, 2.75) is 17.6 Å². The van der Waals surface area contributed by atoms with Crippen LogP contribution in [-0.2, 0) is 4.29 Å². The summed E-state index contributed by atoms with van der Waals surface area (Å²) in [5, 5.41) is 7.57. The van der Waals surface area contributed by atoms with Crippen LogP contribution < -0.4 is 0 Å². The van der Waals surface area contributed by atoms with Gasteiger partial charge in [0.2, 0.25) is 0 Å². The van der Waals surface area contributed by atoms with Crippen LogP contribution in [0.4, 0.5) is 13.2 Å². The van der Waals surface area contributed by atoms with Gasteiger partial charge in [-0.05, 0) is 6.92 Å². The molecule has 0 spiro atoms. The third-order valence-corrected chi connectivity index (χ3v) is 1.06. The first-order valence-electron chi connectivity index (χ1n) is 2.58. The van der Waals surface area contributed by atoms with Gasteiger partial charge in [0.05, 0.1) is 11.9 Å². The van der Waals surface area contributed by atoms with Crippen LogP contribution in [0, 0.1) is 0 Å². The van der Waals surface area contributed by atoms with Crippen LogP contribution in [0.15, 0.2) is 0 Å². The molecule has 0 aromatic carbocycles. The molecule has 0 bridgehead atoms. The molecular formula is C4H6Cl3F3O2. The van der Waals surface area contributed by atoms with Crippen molar-refractivity contribution in [3.8, 4) is 0 Å². The standard InChI is InChI=1S/C2Cl3F3O.C2H6O/c3-1(4,6)2(7,8)9-5;1-2-3/h;3H,2H2,1H3. The average molecular weight is 249 g/mol. The highest BCUT2D eigenvalue weighted by molar-refractivity contribution is 6.47. The van der Waals surface area contributed by atoms with E-state index in [0.717, 1.165) is 0 Å². The second-order valence-corrected chi connectivity index (χ2v) is 2.80. The molecule has 0 aliphatic carbocycles. The summed E-state index contributed by atoms with van der Waals surface area (Å²) in [6.07, 6.45) is -4.39. The third kappa shape index (κ3) is 6.14. The Morgan fingerprint density at radius 1 is 1.33 bits per heavy atom. The van der Waals surface area contributed by atoms with Crippen molar-refractivity contribution in [1.82, 2.24) is 0 Å². The highest BCUT2D eigenvalue weighted by Gasteiger charge is 2.55. The summed E-state index contributed by atoms with van der Waals surface area (Å²) in [6, 6.07) is 0. The summed E-state index contributed by atoms with van der Waals surface area (Å²) in [4.78, 5) is 0. The number of aliphatic hydroxyl groups is 1. The molecule has 0 rings (SSSR count). The zero-order valence-electron chi connectivity index (χ0n) is 5.83. The molecule has 76 valence electrons. The summed E-state index contributed by atoms with van der Waals surface area (Å²) in [5.74, 6) is 0. The highest BCUT2D eigenvalue weighted by atomic mass is 35.5. The van der Waals surface area contributed by atoms with Crippen LogP contribution in [0.25, 0.3) is 0 Å². The minimum atomic E-state index is -4.39. The lowest BCUT2D eigenvalue weighted by Gasteiger charge is -2.17. The quantitative estimate of drug-likeness (QED) is 0.763. The van der Waals surface area contributed by atoms with Crippen molar-refractivity contribution < 1.29 is 22.6 Å². The summed E-state index contributed by atoms with van der Waals surface area (Å²) >= 11 is 12.6. The zero-order chi connectivity index (χ0) is 10.4. The maximum absolute atomic E-state index is 11.7. The first kappa shape index (κ1) is 15.1. The van der Waals surface area contributed by atoms with E-state index in [2.05, 4.69) is 39.4 Å². The first-order chi connectivity index (χ1) is 5.22. The van der Waals surface area contributed by atoms with Gasteiger partial charge in [-0.15, -0.1) is 0 Å². The molecule has 0 aliphatic rings. The Bertz CT molecular complexity index is 117. The molecule has 0 saturated carbocycles. The molecule has 0 aromatic heterocycles. The van der Waals surface area contributed by atoms with Gasteiger partial charge < -0.3 is 5.11 Å². The van der Waals surface area contributed by atoms with E-state index < -0.39 is 10.7 Å². The smallest absolute Gasteiger partial charge is 0.397 e. The third-order valence-electron chi connectivity index (χ3n) is 0.427. The van der Waals surface area contributed by atoms with E-state index in [1.54, 1.807) is 6.92 Å². The number of hydrogen-bond donors (Lipinski definition) is 1. The molecule has 0 amide bonds. The van der Waals surface area contributed by atoms with Crippen LogP contribution in [0.3, 0.4) is 0 Å². The molecule has 8 heteroatoms. The Kier molecular flexibility index (Phi) is 7.66. The fourth-order valence-electron chi connectivity index (χ4n) is 0.0437. The molecule has 0 heterocycles. The number of alkyl halides is 5. The molecular weight excluding hydrogens is 243 g/mol. The van der Waals surface area contributed by atoms with Gasteiger partial charge in [0.15, 0.2) is 0 Å². The summed E-state index contributed by atoms with van der Waals surface area (Å²) < 4.78 is 34.1. The van der Waals surface area contributed by atoms with Crippen molar-refractivity contribution in [2.24, 2.45) is 0 Å². The number of aliphatic hydroxyl groups excluding tert-OH is 1. The van der Waals surface area contributed by atoms with E-state index in [0.29, 0.717) is 0 Å². The normalized spacial score (nSPS) is 12.0. The second-order valence-electron chi connectivity index (χ2n) is 1.41. The zero-order valence-corrected chi connectivity index (χ0v) is 8.10. The minimum absolute atomic E-state index is 0.250. The Morgan fingerprint density at radius 2 is 1.58 bits per heavy atom. The van der Waals surface area contributed by atoms with Crippen molar-refractivity contribution in [3.63, 3.8) is 0 Å². The van der Waals surface area contributed by atoms with Crippen LogP contribution >= 0.6 is 35.1 Å². The summed E-state index contributed by atoms with van der Waals surface area (Å²) in [5.41, 5.74) is 0. The Morgan fingerprint density at radius 3 is 1.58 bits per heavy atom. The predicted octanol–water partition coefficient (Wildman–Crippen LogP) is 2.85. The fourth-order valence-corrected chi connectivity index (χ4v) is 0.306. The first-order valence-corrected chi connectivity index (χ1v) is 3.64. The lowest BCUT2D eigenvalue weighted by atomic mass is 10.7. The average Bonchev–Trinajstić information content (AvgIpc) is 1.87. The largest absolute Gasteiger partial charge is 0.433 e. The van der Waals surface area contributed by atoms with Gasteiger partial charge >= 0.3 is 10.7 Å². The van der Waals surface area contributed by atoms with Crippen molar-refractivity contribution >= 4 is 35.1 Å². The highest BCUT2D eigenvalue weighted by Crippen LogP contribution is 2.41. The van der Waals surface area contributed by atoms with Gasteiger partial charge in [0.1, 0.15) is 0 Å². The topological polar surface area (TPSA) is 29.5 Å². The predicted molar refractivity (Wildman–Crippen MR) is 40.2 cm³/mol. The molecule has 0 saturated heterocycles. The molecule has 0 aromatic rings. The van der Waals surface area contributed by atoms with E-state index in [9.17, 15) is 13.2 Å². The minimum Gasteiger partial charge on any atom is -0.397 e. The maximum atomic E-state index is 11.7. The maximum Gasteiger partial charge on any atom is 0.433 e. The van der Waals surface area contributed by atoms with E-state index in [1.165, 1.54) is 0 Å². The van der Waals surface area contributed by atoms with Crippen LogP contribution in [0.2, 0.25) is 0 Å². The number of hydrogen-bond acceptors (Lipinski definition) is 2. The van der Waals surface area contributed by atoms with Crippen molar-refractivity contribution in [2.75, 3.05) is 6.61 Å². The van der Waals surface area contributed by atoms with Crippen molar-refractivity contribution in [3.05, 3.63) is 0 Å².